The smallest absolute Gasteiger partial charge is 0.407 e. The molecule has 1 rings (SSSR count). The van der Waals surface area contributed by atoms with Gasteiger partial charge in [-0.15, -0.1) is 0 Å². The van der Waals surface area contributed by atoms with E-state index in [-0.39, 0.29) is 17.7 Å². The van der Waals surface area contributed by atoms with E-state index in [9.17, 15) is 19.8 Å². The molecule has 0 aliphatic rings. The zero-order chi connectivity index (χ0) is 17.8. The highest BCUT2D eigenvalue weighted by Crippen LogP contribution is 2.24. The minimum absolute atomic E-state index is 0.0335. The first-order chi connectivity index (χ1) is 10.5. The van der Waals surface area contributed by atoms with Gasteiger partial charge in [0.05, 0.1) is 5.56 Å². The molecular formula is C15H20BrNO6. The fourth-order valence-electron chi connectivity index (χ4n) is 1.73. The topological polar surface area (TPSA) is 116 Å². The van der Waals surface area contributed by atoms with E-state index in [0.717, 1.165) is 0 Å². The number of ether oxygens (including phenoxy) is 1. The lowest BCUT2D eigenvalue weighted by molar-refractivity contribution is 0.0129. The Kier molecular flexibility index (Phi) is 6.55. The minimum Gasteiger partial charge on any atom is -0.478 e. The van der Waals surface area contributed by atoms with Crippen molar-refractivity contribution in [1.82, 2.24) is 5.32 Å². The SMILES string of the molecule is CC(C)(C)OC(=O)NCC(O)C(O)c1ccc(Br)c(C(=O)O)c1. The average Bonchev–Trinajstić information content (AvgIpc) is 2.42. The summed E-state index contributed by atoms with van der Waals surface area (Å²) < 4.78 is 5.38. The van der Waals surface area contributed by atoms with Gasteiger partial charge in [0, 0.05) is 11.0 Å². The maximum atomic E-state index is 11.5. The zero-order valence-electron chi connectivity index (χ0n) is 13.0. The van der Waals surface area contributed by atoms with Crippen LogP contribution in [0.1, 0.15) is 42.8 Å². The summed E-state index contributed by atoms with van der Waals surface area (Å²) in [5.41, 5.74) is -0.478. The summed E-state index contributed by atoms with van der Waals surface area (Å²) in [5, 5.41) is 31.4. The van der Waals surface area contributed by atoms with E-state index in [0.29, 0.717) is 4.47 Å². The molecule has 128 valence electrons. The van der Waals surface area contributed by atoms with Crippen molar-refractivity contribution in [3.8, 4) is 0 Å². The summed E-state index contributed by atoms with van der Waals surface area (Å²) in [7, 11) is 0. The van der Waals surface area contributed by atoms with Gasteiger partial charge in [-0.25, -0.2) is 9.59 Å². The molecular weight excluding hydrogens is 370 g/mol. The predicted molar refractivity (Wildman–Crippen MR) is 86.3 cm³/mol. The molecule has 2 unspecified atom stereocenters. The Hall–Kier alpha value is -1.64. The van der Waals surface area contributed by atoms with Gasteiger partial charge in [0.15, 0.2) is 0 Å². The number of hydrogen-bond donors (Lipinski definition) is 4. The Morgan fingerprint density at radius 1 is 1.30 bits per heavy atom. The second kappa shape index (κ2) is 7.76. The summed E-state index contributed by atoms with van der Waals surface area (Å²) >= 11 is 3.10. The number of aliphatic hydroxyl groups excluding tert-OH is 2. The van der Waals surface area contributed by atoms with E-state index in [4.69, 9.17) is 9.84 Å². The third kappa shape index (κ3) is 6.17. The van der Waals surface area contributed by atoms with E-state index >= 15 is 0 Å². The lowest BCUT2D eigenvalue weighted by Crippen LogP contribution is -2.38. The molecule has 0 aliphatic carbocycles. The molecule has 0 fully saturated rings. The molecule has 8 heteroatoms. The van der Waals surface area contributed by atoms with Crippen molar-refractivity contribution < 1.29 is 29.6 Å². The third-order valence-corrected chi connectivity index (χ3v) is 3.47. The summed E-state index contributed by atoms with van der Waals surface area (Å²) in [5.74, 6) is -1.16. The highest BCUT2D eigenvalue weighted by atomic mass is 79.9. The predicted octanol–water partition coefficient (Wildman–Crippen LogP) is 2.07. The number of carbonyl (C=O) groups is 2. The number of halogens is 1. The Bertz CT molecular complexity index is 584. The first-order valence-corrected chi connectivity index (χ1v) is 7.66. The fourth-order valence-corrected chi connectivity index (χ4v) is 2.14. The molecule has 0 spiro atoms. The molecule has 2 atom stereocenters. The molecule has 7 nitrogen and oxygen atoms in total. The number of carbonyl (C=O) groups excluding carboxylic acids is 1. The summed E-state index contributed by atoms with van der Waals surface area (Å²) in [6.07, 6.45) is -3.38. The summed E-state index contributed by atoms with van der Waals surface area (Å²) in [4.78, 5) is 22.6. The van der Waals surface area contributed by atoms with E-state index in [1.807, 2.05) is 0 Å². The molecule has 4 N–H and O–H groups in total. The van der Waals surface area contributed by atoms with Crippen LogP contribution in [0.25, 0.3) is 0 Å². The lowest BCUT2D eigenvalue weighted by atomic mass is 10.0. The number of rotatable bonds is 5. The molecule has 0 bridgehead atoms. The highest BCUT2D eigenvalue weighted by molar-refractivity contribution is 9.10. The third-order valence-electron chi connectivity index (χ3n) is 2.78. The van der Waals surface area contributed by atoms with E-state index in [1.54, 1.807) is 20.8 Å². The number of benzene rings is 1. The number of aromatic carboxylic acids is 1. The number of carboxylic acids is 1. The number of alkyl carbamates (subject to hydrolysis) is 1. The molecule has 0 aliphatic heterocycles. The molecule has 0 saturated carbocycles. The number of hydrogen-bond acceptors (Lipinski definition) is 5. The highest BCUT2D eigenvalue weighted by Gasteiger charge is 2.22. The maximum Gasteiger partial charge on any atom is 0.407 e. The first-order valence-electron chi connectivity index (χ1n) is 6.87. The molecule has 23 heavy (non-hydrogen) atoms. The second-order valence-electron chi connectivity index (χ2n) is 5.94. The van der Waals surface area contributed by atoms with Crippen molar-refractivity contribution in [3.05, 3.63) is 33.8 Å². The van der Waals surface area contributed by atoms with Crippen LogP contribution in [-0.2, 0) is 4.74 Å². The summed E-state index contributed by atoms with van der Waals surface area (Å²) in [6, 6.07) is 4.21. The number of aliphatic hydroxyl groups is 2. The van der Waals surface area contributed by atoms with Crippen molar-refractivity contribution >= 4 is 28.0 Å². The van der Waals surface area contributed by atoms with Crippen molar-refractivity contribution in [3.63, 3.8) is 0 Å². The second-order valence-corrected chi connectivity index (χ2v) is 6.79. The number of carboxylic acid groups (broad SMARTS) is 1. The van der Waals surface area contributed by atoms with Crippen LogP contribution in [0.2, 0.25) is 0 Å². The maximum absolute atomic E-state index is 11.5. The van der Waals surface area contributed by atoms with Crippen molar-refractivity contribution in [2.45, 2.75) is 38.6 Å². The average molecular weight is 390 g/mol. The van der Waals surface area contributed by atoms with E-state index in [2.05, 4.69) is 21.2 Å². The molecule has 0 aromatic heterocycles. The Morgan fingerprint density at radius 3 is 2.43 bits per heavy atom. The molecule has 0 saturated heterocycles. The van der Waals surface area contributed by atoms with Gasteiger partial charge in [-0.05, 0) is 54.4 Å². The van der Waals surface area contributed by atoms with Gasteiger partial charge in [-0.2, -0.15) is 0 Å². The monoisotopic (exact) mass is 389 g/mol. The van der Waals surface area contributed by atoms with Crippen LogP contribution in [0.3, 0.4) is 0 Å². The van der Waals surface area contributed by atoms with Gasteiger partial charge >= 0.3 is 12.1 Å². The fraction of sp³-hybridized carbons (Fsp3) is 0.467. The molecule has 0 radical (unpaired) electrons. The van der Waals surface area contributed by atoms with E-state index < -0.39 is 29.9 Å². The Labute approximate surface area is 142 Å². The van der Waals surface area contributed by atoms with Crippen LogP contribution in [0.4, 0.5) is 4.79 Å². The lowest BCUT2D eigenvalue weighted by Gasteiger charge is -2.22. The van der Waals surface area contributed by atoms with Crippen LogP contribution >= 0.6 is 15.9 Å². The number of nitrogens with one attached hydrogen (secondary N) is 1. The van der Waals surface area contributed by atoms with Gasteiger partial charge in [0.25, 0.3) is 0 Å². The van der Waals surface area contributed by atoms with Crippen LogP contribution in [0.15, 0.2) is 22.7 Å². The normalized spacial score (nSPS) is 14.0. The minimum atomic E-state index is -1.35. The van der Waals surface area contributed by atoms with Crippen LogP contribution in [-0.4, -0.2) is 45.6 Å². The molecule has 1 amide bonds. The molecule has 0 heterocycles. The van der Waals surface area contributed by atoms with Crippen molar-refractivity contribution in [2.75, 3.05) is 6.54 Å². The van der Waals surface area contributed by atoms with Crippen LogP contribution in [0.5, 0.6) is 0 Å². The standard InChI is InChI=1S/C15H20BrNO6/c1-15(2,3)23-14(22)17-7-11(18)12(19)8-4-5-10(16)9(6-8)13(20)21/h4-6,11-12,18-19H,7H2,1-3H3,(H,17,22)(H,20,21). The van der Waals surface area contributed by atoms with Crippen LogP contribution in [0, 0.1) is 0 Å². The van der Waals surface area contributed by atoms with Gasteiger partial charge in [0.2, 0.25) is 0 Å². The van der Waals surface area contributed by atoms with Crippen molar-refractivity contribution in [1.29, 1.82) is 0 Å². The first kappa shape index (κ1) is 19.4. The van der Waals surface area contributed by atoms with Gasteiger partial charge in [0.1, 0.15) is 17.8 Å². The van der Waals surface area contributed by atoms with Gasteiger partial charge < -0.3 is 25.4 Å². The quantitative estimate of drug-likeness (QED) is 0.612. The van der Waals surface area contributed by atoms with E-state index in [1.165, 1.54) is 18.2 Å². The number of amides is 1. The van der Waals surface area contributed by atoms with Crippen LogP contribution < -0.4 is 5.32 Å². The zero-order valence-corrected chi connectivity index (χ0v) is 14.6. The van der Waals surface area contributed by atoms with Gasteiger partial charge in [-0.3, -0.25) is 0 Å². The Balaban J connectivity index is 2.70. The molecule has 1 aromatic rings. The van der Waals surface area contributed by atoms with Gasteiger partial charge in [-0.1, -0.05) is 6.07 Å². The van der Waals surface area contributed by atoms with Crippen molar-refractivity contribution in [2.24, 2.45) is 0 Å². The Morgan fingerprint density at radius 2 is 1.91 bits per heavy atom. The largest absolute Gasteiger partial charge is 0.478 e. The summed E-state index contributed by atoms with van der Waals surface area (Å²) in [6.45, 7) is 4.86. The molecule has 1 aromatic carbocycles.